The van der Waals surface area contributed by atoms with Crippen molar-refractivity contribution >= 4 is 27.7 Å². The first-order valence-electron chi connectivity index (χ1n) is 8.96. The second-order valence-electron chi connectivity index (χ2n) is 6.62. The molecule has 0 radical (unpaired) electrons. The second kappa shape index (κ2) is 10.8. The minimum Gasteiger partial charge on any atom is -0.352 e. The molecule has 2 aromatic rings. The van der Waals surface area contributed by atoms with E-state index in [4.69, 9.17) is 0 Å². The van der Waals surface area contributed by atoms with E-state index in [9.17, 15) is 9.59 Å². The normalized spacial score (nSPS) is 10.7. The van der Waals surface area contributed by atoms with E-state index in [1.54, 1.807) is 12.1 Å². The zero-order chi connectivity index (χ0) is 19.6. The highest BCUT2D eigenvalue weighted by Gasteiger charge is 2.15. The minimum atomic E-state index is -0.168. The molecule has 0 aromatic heterocycles. The summed E-state index contributed by atoms with van der Waals surface area (Å²) in [4.78, 5) is 28.7. The number of carbonyl (C=O) groups excluding carboxylic acids is 2. The van der Waals surface area contributed by atoms with Crippen LogP contribution in [0.1, 0.15) is 22.3 Å². The Morgan fingerprint density at radius 3 is 2.26 bits per heavy atom. The van der Waals surface area contributed by atoms with Crippen molar-refractivity contribution in [2.45, 2.75) is 13.0 Å². The summed E-state index contributed by atoms with van der Waals surface area (Å²) in [6.07, 6.45) is 0.280. The molecule has 0 aliphatic rings. The summed E-state index contributed by atoms with van der Waals surface area (Å²) >= 11 is 3.35. The molecule has 5 nitrogen and oxygen atoms in total. The average molecular weight is 432 g/mol. The maximum atomic E-state index is 12.7. The molecule has 0 unspecified atom stereocenters. The summed E-state index contributed by atoms with van der Waals surface area (Å²) < 4.78 is 0.923. The molecule has 6 heteroatoms. The van der Waals surface area contributed by atoms with Crippen LogP contribution in [-0.4, -0.2) is 55.3 Å². The van der Waals surface area contributed by atoms with Gasteiger partial charge in [-0.15, -0.1) is 0 Å². The second-order valence-corrected chi connectivity index (χ2v) is 7.53. The number of likely N-dealkylation sites (N-methyl/N-ethyl adjacent to an activating group) is 1. The van der Waals surface area contributed by atoms with Crippen molar-refractivity contribution in [2.75, 3.05) is 33.7 Å². The number of nitrogens with one attached hydrogen (secondary N) is 1. The van der Waals surface area contributed by atoms with Gasteiger partial charge in [0.15, 0.2) is 0 Å². The third-order valence-corrected chi connectivity index (χ3v) is 4.65. The molecule has 2 amide bonds. The van der Waals surface area contributed by atoms with Gasteiger partial charge in [-0.1, -0.05) is 46.3 Å². The van der Waals surface area contributed by atoms with Gasteiger partial charge in [-0.2, -0.15) is 0 Å². The van der Waals surface area contributed by atoms with Crippen molar-refractivity contribution < 1.29 is 9.59 Å². The van der Waals surface area contributed by atoms with Crippen molar-refractivity contribution in [3.8, 4) is 0 Å². The lowest BCUT2D eigenvalue weighted by atomic mass is 10.2. The van der Waals surface area contributed by atoms with E-state index in [-0.39, 0.29) is 18.2 Å². The molecule has 2 aromatic carbocycles. The molecule has 0 saturated heterocycles. The number of nitrogens with zero attached hydrogens (tertiary/aromatic N) is 2. The van der Waals surface area contributed by atoms with Crippen molar-refractivity contribution in [1.29, 1.82) is 0 Å². The van der Waals surface area contributed by atoms with Crippen molar-refractivity contribution in [3.05, 3.63) is 70.2 Å². The maximum absolute atomic E-state index is 12.7. The summed E-state index contributed by atoms with van der Waals surface area (Å²) in [5, 5.41) is 2.82. The summed E-state index contributed by atoms with van der Waals surface area (Å²) in [6, 6.07) is 17.1. The fourth-order valence-electron chi connectivity index (χ4n) is 2.56. The molecular weight excluding hydrogens is 406 g/mol. The summed E-state index contributed by atoms with van der Waals surface area (Å²) in [5.41, 5.74) is 1.68. The largest absolute Gasteiger partial charge is 0.352 e. The highest BCUT2D eigenvalue weighted by molar-refractivity contribution is 9.10. The van der Waals surface area contributed by atoms with Gasteiger partial charge in [0.1, 0.15) is 0 Å². The molecule has 1 N–H and O–H groups in total. The van der Waals surface area contributed by atoms with Gasteiger partial charge in [-0.25, -0.2) is 0 Å². The number of hydrogen-bond donors (Lipinski definition) is 1. The predicted molar refractivity (Wildman–Crippen MR) is 112 cm³/mol. The number of benzene rings is 2. The van der Waals surface area contributed by atoms with E-state index in [2.05, 4.69) is 26.1 Å². The number of halogens is 1. The molecule has 2 rings (SSSR count). The van der Waals surface area contributed by atoms with Crippen LogP contribution < -0.4 is 5.32 Å². The Balaban J connectivity index is 1.88. The predicted octanol–water partition coefficient (Wildman–Crippen LogP) is 3.16. The Labute approximate surface area is 169 Å². The minimum absolute atomic E-state index is 0.0387. The highest BCUT2D eigenvalue weighted by Crippen LogP contribution is 2.10. The van der Waals surface area contributed by atoms with Crippen molar-refractivity contribution in [1.82, 2.24) is 15.1 Å². The average Bonchev–Trinajstić information content (AvgIpc) is 2.66. The Hall–Kier alpha value is -2.18. The first-order chi connectivity index (χ1) is 13.0. The van der Waals surface area contributed by atoms with Gasteiger partial charge >= 0.3 is 0 Å². The highest BCUT2D eigenvalue weighted by atomic mass is 79.9. The van der Waals surface area contributed by atoms with Gasteiger partial charge in [0.05, 0.1) is 0 Å². The van der Waals surface area contributed by atoms with E-state index in [1.165, 1.54) is 0 Å². The maximum Gasteiger partial charge on any atom is 0.251 e. The fourth-order valence-corrected chi connectivity index (χ4v) is 2.83. The quantitative estimate of drug-likeness (QED) is 0.663. The number of rotatable bonds is 9. The molecule has 0 atom stereocenters. The lowest BCUT2D eigenvalue weighted by Gasteiger charge is -2.24. The van der Waals surface area contributed by atoms with Crippen molar-refractivity contribution in [2.24, 2.45) is 0 Å². The standard InChI is InChI=1S/C21H26BrN3O2/c1-24(2)14-15-25(16-17-6-4-3-5-7-17)20(26)12-13-23-21(27)18-8-10-19(22)11-9-18/h3-11H,12-16H2,1-2H3,(H,23,27). The van der Waals surface area contributed by atoms with Gasteiger partial charge in [0.25, 0.3) is 5.91 Å². The van der Waals surface area contributed by atoms with E-state index in [1.807, 2.05) is 61.5 Å². The van der Waals surface area contributed by atoms with Crippen LogP contribution in [0.4, 0.5) is 0 Å². The van der Waals surface area contributed by atoms with Crippen LogP contribution in [0.5, 0.6) is 0 Å². The topological polar surface area (TPSA) is 52.6 Å². The van der Waals surface area contributed by atoms with Gasteiger partial charge in [-0.05, 0) is 43.9 Å². The lowest BCUT2D eigenvalue weighted by Crippen LogP contribution is -2.38. The van der Waals surface area contributed by atoms with Crippen LogP contribution in [0.3, 0.4) is 0 Å². The van der Waals surface area contributed by atoms with Gasteiger partial charge in [0.2, 0.25) is 5.91 Å². The van der Waals surface area contributed by atoms with E-state index in [0.717, 1.165) is 16.6 Å². The Kier molecular flexibility index (Phi) is 8.48. The summed E-state index contributed by atoms with van der Waals surface area (Å²) in [6.45, 7) is 2.35. The first kappa shape index (κ1) is 21.1. The van der Waals surface area contributed by atoms with Crippen LogP contribution in [0.15, 0.2) is 59.1 Å². The Morgan fingerprint density at radius 1 is 0.963 bits per heavy atom. The third kappa shape index (κ3) is 7.53. The van der Waals surface area contributed by atoms with Crippen molar-refractivity contribution in [3.63, 3.8) is 0 Å². The molecule has 144 valence electrons. The number of hydrogen-bond acceptors (Lipinski definition) is 3. The lowest BCUT2D eigenvalue weighted by molar-refractivity contribution is -0.131. The molecule has 0 saturated carbocycles. The molecule has 0 spiro atoms. The molecule has 0 aliphatic heterocycles. The monoisotopic (exact) mass is 431 g/mol. The van der Waals surface area contributed by atoms with Crippen LogP contribution >= 0.6 is 15.9 Å². The van der Waals surface area contributed by atoms with E-state index in [0.29, 0.717) is 25.2 Å². The van der Waals surface area contributed by atoms with Gasteiger partial charge in [-0.3, -0.25) is 9.59 Å². The zero-order valence-electron chi connectivity index (χ0n) is 15.8. The molecule has 0 aliphatic carbocycles. The Bertz CT molecular complexity index is 733. The van der Waals surface area contributed by atoms with Crippen LogP contribution in [0, 0.1) is 0 Å². The van der Waals surface area contributed by atoms with Crippen LogP contribution in [0.2, 0.25) is 0 Å². The third-order valence-electron chi connectivity index (χ3n) is 4.12. The Morgan fingerprint density at radius 2 is 1.63 bits per heavy atom. The molecule has 0 fully saturated rings. The number of amides is 2. The van der Waals surface area contributed by atoms with Crippen LogP contribution in [-0.2, 0) is 11.3 Å². The van der Waals surface area contributed by atoms with Gasteiger partial charge in [0, 0.05) is 42.6 Å². The summed E-state index contributed by atoms with van der Waals surface area (Å²) in [7, 11) is 3.98. The fraction of sp³-hybridized carbons (Fsp3) is 0.333. The van der Waals surface area contributed by atoms with Crippen LogP contribution in [0.25, 0.3) is 0 Å². The molecule has 0 bridgehead atoms. The molecular formula is C21H26BrN3O2. The van der Waals surface area contributed by atoms with Gasteiger partial charge < -0.3 is 15.1 Å². The SMILES string of the molecule is CN(C)CCN(Cc1ccccc1)C(=O)CCNC(=O)c1ccc(Br)cc1. The molecule has 27 heavy (non-hydrogen) atoms. The first-order valence-corrected chi connectivity index (χ1v) is 9.75. The smallest absolute Gasteiger partial charge is 0.251 e. The summed E-state index contributed by atoms with van der Waals surface area (Å²) in [5.74, 6) is -0.130. The van der Waals surface area contributed by atoms with E-state index >= 15 is 0 Å². The zero-order valence-corrected chi connectivity index (χ0v) is 17.4. The molecule has 0 heterocycles. The number of carbonyl (C=O) groups is 2. The van der Waals surface area contributed by atoms with E-state index < -0.39 is 0 Å².